The normalized spacial score (nSPS) is 9.44. The summed E-state index contributed by atoms with van der Waals surface area (Å²) in [7, 11) is 0. The van der Waals surface area contributed by atoms with E-state index >= 15 is 0 Å². The van der Waals surface area contributed by atoms with Gasteiger partial charge < -0.3 is 0 Å². The van der Waals surface area contributed by atoms with Gasteiger partial charge in [-0.05, 0) is 0 Å². The van der Waals surface area contributed by atoms with Crippen LogP contribution in [-0.2, 0) is 0 Å². The van der Waals surface area contributed by atoms with Crippen molar-refractivity contribution >= 4 is 41.3 Å². The molecule has 0 aliphatic heterocycles. The molecule has 86 valence electrons. The minimum absolute atomic E-state index is 0.339. The number of nitriles is 2. The number of rotatable bonds is 3. The van der Waals surface area contributed by atoms with Crippen LogP contribution in [0.4, 0.5) is 0 Å². The average Bonchev–Trinajstić information content (AvgIpc) is 2.45. The van der Waals surface area contributed by atoms with Gasteiger partial charge in [-0.3, -0.25) is 0 Å². The fourth-order valence-corrected chi connectivity index (χ4v) is 12.8. The van der Waals surface area contributed by atoms with Crippen LogP contribution in [0.1, 0.15) is 11.1 Å². The standard InChI is InChI=1S/C14H8N2Te2/c15-9-11-5-1-3-7-13(11)17-18-14-8-4-2-6-12(14)10-16/h1-8H. The Balaban J connectivity index is 2.18. The summed E-state index contributed by atoms with van der Waals surface area (Å²) >= 11 is -0.677. The fraction of sp³-hybridized carbons (Fsp3) is 0. The Kier molecular flexibility index (Phi) is 5.08. The van der Waals surface area contributed by atoms with Gasteiger partial charge in [0.2, 0.25) is 0 Å². The molecule has 2 aromatic rings. The van der Waals surface area contributed by atoms with Gasteiger partial charge in [0.25, 0.3) is 0 Å². The Morgan fingerprint density at radius 2 is 1.06 bits per heavy atom. The molecule has 0 N–H and O–H groups in total. The molecule has 0 spiro atoms. The summed E-state index contributed by atoms with van der Waals surface area (Å²) in [5, 5.41) is 18.1. The maximum atomic E-state index is 9.05. The van der Waals surface area contributed by atoms with Crippen LogP contribution in [0.2, 0.25) is 0 Å². The zero-order valence-corrected chi connectivity index (χ0v) is 14.0. The number of hydrogen-bond acceptors (Lipinski definition) is 2. The molecule has 0 unspecified atom stereocenters. The van der Waals surface area contributed by atoms with Gasteiger partial charge in [0.15, 0.2) is 0 Å². The van der Waals surface area contributed by atoms with Crippen molar-refractivity contribution in [3.05, 3.63) is 59.7 Å². The molecule has 2 nitrogen and oxygen atoms in total. The summed E-state index contributed by atoms with van der Waals surface area (Å²) in [6, 6.07) is 20.1. The molecule has 0 aromatic heterocycles. The van der Waals surface area contributed by atoms with Gasteiger partial charge in [0, 0.05) is 0 Å². The molecular formula is C14H8N2Te2. The van der Waals surface area contributed by atoms with Gasteiger partial charge in [0.1, 0.15) is 0 Å². The quantitative estimate of drug-likeness (QED) is 0.635. The van der Waals surface area contributed by atoms with Gasteiger partial charge in [-0.15, -0.1) is 0 Å². The molecule has 0 atom stereocenters. The molecule has 0 aliphatic rings. The van der Waals surface area contributed by atoms with Crippen LogP contribution in [0.25, 0.3) is 0 Å². The molecule has 0 saturated carbocycles. The summed E-state index contributed by atoms with van der Waals surface area (Å²) in [5.74, 6) is 0. The topological polar surface area (TPSA) is 47.6 Å². The van der Waals surface area contributed by atoms with E-state index in [0.29, 0.717) is 0 Å². The Morgan fingerprint density at radius 3 is 1.44 bits per heavy atom. The Hall–Kier alpha value is -1.00. The molecule has 18 heavy (non-hydrogen) atoms. The van der Waals surface area contributed by atoms with Crippen LogP contribution in [0, 0.1) is 22.7 Å². The monoisotopic (exact) mass is 464 g/mol. The van der Waals surface area contributed by atoms with Crippen molar-refractivity contribution in [2.24, 2.45) is 0 Å². The molecular weight excluding hydrogens is 451 g/mol. The zero-order valence-electron chi connectivity index (χ0n) is 9.33. The first-order valence-corrected chi connectivity index (χ1v) is 14.8. The fourth-order valence-electron chi connectivity index (χ4n) is 1.35. The SMILES string of the molecule is N#Cc1ccccc1[Te][Te]c1ccccc1C#N. The molecule has 0 radical (unpaired) electrons. The second kappa shape index (κ2) is 6.80. The van der Waals surface area contributed by atoms with Crippen molar-refractivity contribution in [1.82, 2.24) is 0 Å². The molecule has 2 rings (SSSR count). The van der Waals surface area contributed by atoms with E-state index in [1.165, 1.54) is 7.22 Å². The van der Waals surface area contributed by atoms with Crippen LogP contribution in [0.3, 0.4) is 0 Å². The molecule has 0 saturated heterocycles. The maximum absolute atomic E-state index is 9.05. The zero-order chi connectivity index (χ0) is 12.8. The van der Waals surface area contributed by atoms with Gasteiger partial charge in [-0.1, -0.05) is 0 Å². The first-order chi connectivity index (χ1) is 8.85. The first-order valence-electron chi connectivity index (χ1n) is 5.18. The van der Waals surface area contributed by atoms with Crippen LogP contribution in [0.5, 0.6) is 0 Å². The summed E-state index contributed by atoms with van der Waals surface area (Å²) in [5.41, 5.74) is 1.61. The van der Waals surface area contributed by atoms with Crippen molar-refractivity contribution in [3.63, 3.8) is 0 Å². The van der Waals surface area contributed by atoms with Gasteiger partial charge in [-0.2, -0.15) is 0 Å². The first kappa shape index (κ1) is 13.4. The van der Waals surface area contributed by atoms with E-state index < -0.39 is 0 Å². The second-order valence-corrected chi connectivity index (χ2v) is 13.2. The van der Waals surface area contributed by atoms with E-state index in [1.807, 2.05) is 36.4 Å². The summed E-state index contributed by atoms with van der Waals surface area (Å²) in [6.45, 7) is 0. The minimum atomic E-state index is -0.339. The van der Waals surface area contributed by atoms with Gasteiger partial charge >= 0.3 is 124 Å². The van der Waals surface area contributed by atoms with Crippen LogP contribution < -0.4 is 7.22 Å². The van der Waals surface area contributed by atoms with E-state index in [0.717, 1.165) is 11.1 Å². The summed E-state index contributed by atoms with van der Waals surface area (Å²) in [6.07, 6.45) is 0. The van der Waals surface area contributed by atoms with Crippen molar-refractivity contribution < 1.29 is 0 Å². The molecule has 2 aromatic carbocycles. The Morgan fingerprint density at radius 1 is 0.667 bits per heavy atom. The van der Waals surface area contributed by atoms with Crippen LogP contribution in [-0.4, -0.2) is 34.1 Å². The van der Waals surface area contributed by atoms with E-state index in [2.05, 4.69) is 24.3 Å². The molecule has 0 fully saturated rings. The van der Waals surface area contributed by atoms with E-state index in [-0.39, 0.29) is 34.1 Å². The molecule has 4 heteroatoms. The number of hydrogen-bond donors (Lipinski definition) is 0. The third kappa shape index (κ3) is 3.27. The van der Waals surface area contributed by atoms with E-state index in [4.69, 9.17) is 10.5 Å². The van der Waals surface area contributed by atoms with Crippen molar-refractivity contribution in [2.45, 2.75) is 0 Å². The third-order valence-corrected chi connectivity index (χ3v) is 14.0. The van der Waals surface area contributed by atoms with Crippen LogP contribution in [0.15, 0.2) is 48.5 Å². The van der Waals surface area contributed by atoms with Crippen molar-refractivity contribution in [1.29, 1.82) is 10.5 Å². The number of nitrogens with zero attached hydrogens (tertiary/aromatic N) is 2. The predicted octanol–water partition coefficient (Wildman–Crippen LogP) is 0.704. The van der Waals surface area contributed by atoms with Crippen molar-refractivity contribution in [3.8, 4) is 12.1 Å². The Labute approximate surface area is 123 Å². The Bertz CT molecular complexity index is 581. The van der Waals surface area contributed by atoms with Gasteiger partial charge in [-0.25, -0.2) is 0 Å². The predicted molar refractivity (Wildman–Crippen MR) is 73.1 cm³/mol. The molecule has 0 amide bonds. The number of benzene rings is 2. The van der Waals surface area contributed by atoms with Crippen LogP contribution >= 0.6 is 0 Å². The van der Waals surface area contributed by atoms with E-state index in [9.17, 15) is 0 Å². The molecule has 0 heterocycles. The average molecular weight is 459 g/mol. The molecule has 0 aliphatic carbocycles. The molecule has 0 bridgehead atoms. The van der Waals surface area contributed by atoms with E-state index in [1.54, 1.807) is 0 Å². The summed E-state index contributed by atoms with van der Waals surface area (Å²) < 4.78 is 2.45. The van der Waals surface area contributed by atoms with Crippen molar-refractivity contribution in [2.75, 3.05) is 0 Å². The summed E-state index contributed by atoms with van der Waals surface area (Å²) in [4.78, 5) is 0. The van der Waals surface area contributed by atoms with Gasteiger partial charge in [0.05, 0.1) is 0 Å². The second-order valence-electron chi connectivity index (χ2n) is 3.38. The third-order valence-electron chi connectivity index (χ3n) is 2.24.